The highest BCUT2D eigenvalue weighted by atomic mass is 79.9. The van der Waals surface area contributed by atoms with E-state index in [1.54, 1.807) is 18.2 Å². The molecule has 0 bridgehead atoms. The van der Waals surface area contributed by atoms with Gasteiger partial charge in [0.05, 0.1) is 12.1 Å². The molecule has 0 radical (unpaired) electrons. The highest BCUT2D eigenvalue weighted by molar-refractivity contribution is 9.10. The summed E-state index contributed by atoms with van der Waals surface area (Å²) in [5.41, 5.74) is 0.756. The molecule has 0 aliphatic rings. The van der Waals surface area contributed by atoms with E-state index in [0.717, 1.165) is 10.0 Å². The van der Waals surface area contributed by atoms with Gasteiger partial charge in [0.15, 0.2) is 0 Å². The number of hydrogen-bond donors (Lipinski definition) is 1. The van der Waals surface area contributed by atoms with Gasteiger partial charge in [-0.1, -0.05) is 23.7 Å². The molecular weight excluding hydrogens is 305 g/mol. The van der Waals surface area contributed by atoms with Crippen LogP contribution in [0.2, 0.25) is 5.02 Å². The third-order valence-corrected chi connectivity index (χ3v) is 3.41. The van der Waals surface area contributed by atoms with Crippen LogP contribution >= 0.6 is 27.5 Å². The third kappa shape index (κ3) is 3.84. The van der Waals surface area contributed by atoms with Gasteiger partial charge in [-0.05, 0) is 33.6 Å². The number of nitrogens with one attached hydrogen (secondary N) is 1. The van der Waals surface area contributed by atoms with Gasteiger partial charge in [-0.2, -0.15) is 0 Å². The van der Waals surface area contributed by atoms with Gasteiger partial charge in [-0.25, -0.2) is 4.79 Å². The summed E-state index contributed by atoms with van der Waals surface area (Å²) in [4.78, 5) is 11.6. The predicted octanol–water partition coefficient (Wildman–Crippen LogP) is 3.09. The highest BCUT2D eigenvalue weighted by Gasteiger charge is 2.20. The molecule has 1 aromatic carbocycles. The van der Waals surface area contributed by atoms with Crippen LogP contribution in [0, 0.1) is 0 Å². The van der Waals surface area contributed by atoms with Crippen molar-refractivity contribution in [2.24, 2.45) is 0 Å². The standard InChI is InChI=1S/C12H13BrClNO2/c1-3-6-15-11(12(16)17-2)8-4-5-9(13)10(14)7-8/h3-5,7,11,15H,1,6H2,2H3. The highest BCUT2D eigenvalue weighted by Crippen LogP contribution is 2.26. The zero-order valence-corrected chi connectivity index (χ0v) is 11.7. The minimum absolute atomic E-state index is 0.356. The van der Waals surface area contributed by atoms with E-state index in [1.807, 2.05) is 6.07 Å². The Bertz CT molecular complexity index is 423. The summed E-state index contributed by atoms with van der Waals surface area (Å²) in [5.74, 6) is -0.356. The molecule has 0 fully saturated rings. The number of ether oxygens (including phenoxy) is 1. The van der Waals surface area contributed by atoms with Crippen LogP contribution in [0.25, 0.3) is 0 Å². The summed E-state index contributed by atoms with van der Waals surface area (Å²) in [6.45, 7) is 4.10. The third-order valence-electron chi connectivity index (χ3n) is 2.18. The predicted molar refractivity (Wildman–Crippen MR) is 72.1 cm³/mol. The Morgan fingerprint density at radius 1 is 1.71 bits per heavy atom. The van der Waals surface area contributed by atoms with Gasteiger partial charge in [0.25, 0.3) is 0 Å². The molecular formula is C12H13BrClNO2. The SMILES string of the molecule is C=CCNC(C(=O)OC)c1ccc(Br)c(Cl)c1. The summed E-state index contributed by atoms with van der Waals surface area (Å²) in [7, 11) is 1.35. The van der Waals surface area contributed by atoms with Crippen molar-refractivity contribution in [2.45, 2.75) is 6.04 Å². The first-order chi connectivity index (χ1) is 8.10. The monoisotopic (exact) mass is 317 g/mol. The van der Waals surface area contributed by atoms with Crippen molar-refractivity contribution in [3.05, 3.63) is 45.9 Å². The fourth-order valence-electron chi connectivity index (χ4n) is 1.35. The molecule has 0 saturated carbocycles. The van der Waals surface area contributed by atoms with Crippen LogP contribution in [0.5, 0.6) is 0 Å². The van der Waals surface area contributed by atoms with Gasteiger partial charge in [-0.3, -0.25) is 5.32 Å². The zero-order valence-electron chi connectivity index (χ0n) is 9.37. The molecule has 3 nitrogen and oxygen atoms in total. The maximum Gasteiger partial charge on any atom is 0.327 e. The van der Waals surface area contributed by atoms with Crippen LogP contribution in [0.3, 0.4) is 0 Å². The van der Waals surface area contributed by atoms with E-state index in [0.29, 0.717) is 11.6 Å². The maximum atomic E-state index is 11.6. The summed E-state index contributed by atoms with van der Waals surface area (Å²) < 4.78 is 5.53. The zero-order chi connectivity index (χ0) is 12.8. The van der Waals surface area contributed by atoms with Crippen LogP contribution in [-0.2, 0) is 9.53 Å². The molecule has 1 aromatic rings. The quantitative estimate of drug-likeness (QED) is 0.670. The summed E-state index contributed by atoms with van der Waals surface area (Å²) in [6, 6.07) is 4.80. The lowest BCUT2D eigenvalue weighted by Gasteiger charge is -2.16. The second-order valence-electron chi connectivity index (χ2n) is 3.33. The van der Waals surface area contributed by atoms with Crippen molar-refractivity contribution in [1.29, 1.82) is 0 Å². The average molecular weight is 319 g/mol. The normalized spacial score (nSPS) is 11.9. The van der Waals surface area contributed by atoms with E-state index < -0.39 is 6.04 Å². The molecule has 1 N–H and O–H groups in total. The molecule has 1 atom stereocenters. The maximum absolute atomic E-state index is 11.6. The van der Waals surface area contributed by atoms with Crippen molar-refractivity contribution in [1.82, 2.24) is 5.32 Å². The molecule has 0 saturated heterocycles. The lowest BCUT2D eigenvalue weighted by Crippen LogP contribution is -2.29. The summed E-state index contributed by atoms with van der Waals surface area (Å²) in [6.07, 6.45) is 1.68. The minimum Gasteiger partial charge on any atom is -0.468 e. The van der Waals surface area contributed by atoms with Gasteiger partial charge >= 0.3 is 5.97 Å². The first kappa shape index (κ1) is 14.2. The number of rotatable bonds is 5. The summed E-state index contributed by atoms with van der Waals surface area (Å²) in [5, 5.41) is 3.57. The van der Waals surface area contributed by atoms with Crippen LogP contribution in [-0.4, -0.2) is 19.6 Å². The van der Waals surface area contributed by atoms with Crippen molar-refractivity contribution < 1.29 is 9.53 Å². The van der Waals surface area contributed by atoms with Gasteiger partial charge in [0.1, 0.15) is 6.04 Å². The first-order valence-electron chi connectivity index (χ1n) is 4.97. The van der Waals surface area contributed by atoms with Crippen LogP contribution in [0.1, 0.15) is 11.6 Å². The fraction of sp³-hybridized carbons (Fsp3) is 0.250. The fourth-order valence-corrected chi connectivity index (χ4v) is 1.78. The molecule has 17 heavy (non-hydrogen) atoms. The topological polar surface area (TPSA) is 38.3 Å². The largest absolute Gasteiger partial charge is 0.468 e. The molecule has 5 heteroatoms. The number of methoxy groups -OCH3 is 1. The van der Waals surface area contributed by atoms with Crippen LogP contribution in [0.15, 0.2) is 35.3 Å². The Labute approximate surface area is 114 Å². The second kappa shape index (κ2) is 6.79. The lowest BCUT2D eigenvalue weighted by atomic mass is 10.1. The van der Waals surface area contributed by atoms with E-state index in [4.69, 9.17) is 16.3 Å². The van der Waals surface area contributed by atoms with E-state index in [2.05, 4.69) is 27.8 Å². The molecule has 0 aliphatic carbocycles. The van der Waals surface area contributed by atoms with Gasteiger partial charge in [0.2, 0.25) is 0 Å². The van der Waals surface area contributed by atoms with E-state index in [-0.39, 0.29) is 5.97 Å². The molecule has 0 aliphatic heterocycles. The smallest absolute Gasteiger partial charge is 0.327 e. The van der Waals surface area contributed by atoms with Crippen molar-refractivity contribution in [2.75, 3.05) is 13.7 Å². The number of esters is 1. The Kier molecular flexibility index (Phi) is 5.68. The Balaban J connectivity index is 2.98. The Morgan fingerprint density at radius 2 is 2.41 bits per heavy atom. The van der Waals surface area contributed by atoms with Crippen molar-refractivity contribution in [3.63, 3.8) is 0 Å². The molecule has 0 heterocycles. The Morgan fingerprint density at radius 3 is 2.94 bits per heavy atom. The van der Waals surface area contributed by atoms with Gasteiger partial charge in [0, 0.05) is 11.0 Å². The molecule has 1 rings (SSSR count). The van der Waals surface area contributed by atoms with E-state index in [1.165, 1.54) is 7.11 Å². The number of carbonyl (C=O) groups excluding carboxylic acids is 1. The number of carbonyl (C=O) groups is 1. The average Bonchev–Trinajstić information content (AvgIpc) is 2.33. The van der Waals surface area contributed by atoms with E-state index in [9.17, 15) is 4.79 Å². The van der Waals surface area contributed by atoms with Gasteiger partial charge in [-0.15, -0.1) is 6.58 Å². The van der Waals surface area contributed by atoms with Crippen molar-refractivity contribution in [3.8, 4) is 0 Å². The first-order valence-corrected chi connectivity index (χ1v) is 6.14. The minimum atomic E-state index is -0.538. The number of hydrogen-bond acceptors (Lipinski definition) is 3. The molecule has 92 valence electrons. The van der Waals surface area contributed by atoms with Crippen LogP contribution in [0.4, 0.5) is 0 Å². The van der Waals surface area contributed by atoms with Gasteiger partial charge < -0.3 is 4.74 Å². The van der Waals surface area contributed by atoms with Crippen LogP contribution < -0.4 is 5.32 Å². The second-order valence-corrected chi connectivity index (χ2v) is 4.59. The summed E-state index contributed by atoms with van der Waals surface area (Å²) >= 11 is 9.29. The molecule has 1 unspecified atom stereocenters. The number of halogens is 2. The molecule has 0 spiro atoms. The van der Waals surface area contributed by atoms with E-state index >= 15 is 0 Å². The molecule has 0 amide bonds. The Hall–Kier alpha value is -0.840. The molecule has 0 aromatic heterocycles. The van der Waals surface area contributed by atoms with Crippen molar-refractivity contribution >= 4 is 33.5 Å². The number of benzene rings is 1. The lowest BCUT2D eigenvalue weighted by molar-refractivity contribution is -0.143.